The Bertz CT molecular complexity index is 727. The van der Waals surface area contributed by atoms with E-state index in [4.69, 9.17) is 0 Å². The second-order valence-corrected chi connectivity index (χ2v) is 7.36. The van der Waals surface area contributed by atoms with Crippen molar-refractivity contribution in [1.82, 2.24) is 19.2 Å². The van der Waals surface area contributed by atoms with E-state index >= 15 is 0 Å². The number of rotatable bonds is 5. The zero-order valence-electron chi connectivity index (χ0n) is 14.6. The van der Waals surface area contributed by atoms with Crippen LogP contribution in [0.5, 0.6) is 0 Å². The van der Waals surface area contributed by atoms with E-state index in [-0.39, 0.29) is 11.9 Å². The summed E-state index contributed by atoms with van der Waals surface area (Å²) in [5.41, 5.74) is 3.24. The first-order valence-electron chi connectivity index (χ1n) is 9.08. The predicted octanol–water partition coefficient (Wildman–Crippen LogP) is 3.02. The third-order valence-corrected chi connectivity index (χ3v) is 5.54. The van der Waals surface area contributed by atoms with Crippen LogP contribution in [0, 0.1) is 19.8 Å². The average Bonchev–Trinajstić information content (AvgIpc) is 2.95. The molecule has 3 heterocycles. The fourth-order valence-corrected chi connectivity index (χ4v) is 3.93. The lowest BCUT2D eigenvalue weighted by Crippen LogP contribution is -2.38. The molecule has 0 N–H and O–H groups in total. The number of hydrogen-bond donors (Lipinski definition) is 0. The maximum absolute atomic E-state index is 13.2. The molecule has 1 aliphatic heterocycles. The van der Waals surface area contributed by atoms with Gasteiger partial charge in [-0.1, -0.05) is 0 Å². The molecule has 2 aromatic heterocycles. The molecule has 1 aliphatic carbocycles. The van der Waals surface area contributed by atoms with E-state index in [1.807, 2.05) is 16.9 Å². The van der Waals surface area contributed by atoms with Gasteiger partial charge < -0.3 is 9.47 Å². The number of aryl methyl sites for hydroxylation is 1. The van der Waals surface area contributed by atoms with Crippen molar-refractivity contribution in [3.8, 4) is 0 Å². The Kier molecular flexibility index (Phi) is 3.94. The summed E-state index contributed by atoms with van der Waals surface area (Å²) in [7, 11) is 0. The van der Waals surface area contributed by atoms with Gasteiger partial charge in [-0.15, -0.1) is 0 Å². The SMILES string of the molecule is Cc1cc(C(=O)N2CCC[C@@H]2Cn2cccn2)c(C)n1CC1CC1. The topological polar surface area (TPSA) is 43.1 Å². The molecule has 1 saturated carbocycles. The molecule has 24 heavy (non-hydrogen) atoms. The van der Waals surface area contributed by atoms with Crippen molar-refractivity contribution in [3.63, 3.8) is 0 Å². The second-order valence-electron chi connectivity index (χ2n) is 7.36. The second kappa shape index (κ2) is 6.11. The Morgan fingerprint density at radius 2 is 2.08 bits per heavy atom. The van der Waals surface area contributed by atoms with Crippen molar-refractivity contribution in [2.75, 3.05) is 6.54 Å². The van der Waals surface area contributed by atoms with Crippen LogP contribution in [0.3, 0.4) is 0 Å². The van der Waals surface area contributed by atoms with Crippen LogP contribution in [-0.2, 0) is 13.1 Å². The van der Waals surface area contributed by atoms with Crippen molar-refractivity contribution in [3.05, 3.63) is 41.5 Å². The fraction of sp³-hybridized carbons (Fsp3) is 0.579. The Balaban J connectivity index is 1.54. The van der Waals surface area contributed by atoms with Gasteiger partial charge >= 0.3 is 0 Å². The lowest BCUT2D eigenvalue weighted by Gasteiger charge is -2.25. The first kappa shape index (κ1) is 15.5. The van der Waals surface area contributed by atoms with Gasteiger partial charge in [0.15, 0.2) is 0 Å². The van der Waals surface area contributed by atoms with Crippen LogP contribution in [0.2, 0.25) is 0 Å². The first-order chi connectivity index (χ1) is 11.6. The fourth-order valence-electron chi connectivity index (χ4n) is 3.93. The van der Waals surface area contributed by atoms with E-state index in [1.165, 1.54) is 18.5 Å². The Labute approximate surface area is 143 Å². The maximum Gasteiger partial charge on any atom is 0.255 e. The smallest absolute Gasteiger partial charge is 0.255 e. The molecule has 2 aromatic rings. The number of amides is 1. The molecule has 5 nitrogen and oxygen atoms in total. The molecule has 4 rings (SSSR count). The molecule has 0 spiro atoms. The summed E-state index contributed by atoms with van der Waals surface area (Å²) in [6, 6.07) is 4.28. The zero-order valence-corrected chi connectivity index (χ0v) is 14.6. The van der Waals surface area contributed by atoms with Crippen LogP contribution in [0.25, 0.3) is 0 Å². The molecular formula is C19H26N4O. The van der Waals surface area contributed by atoms with Gasteiger partial charge in [0.2, 0.25) is 0 Å². The van der Waals surface area contributed by atoms with Gasteiger partial charge in [0.05, 0.1) is 18.2 Å². The largest absolute Gasteiger partial charge is 0.348 e. The minimum atomic E-state index is 0.194. The summed E-state index contributed by atoms with van der Waals surface area (Å²) in [6.07, 6.45) is 8.58. The Hall–Kier alpha value is -2.04. The normalized spacial score (nSPS) is 20.8. The summed E-state index contributed by atoms with van der Waals surface area (Å²) < 4.78 is 4.27. The molecule has 0 bridgehead atoms. The lowest BCUT2D eigenvalue weighted by molar-refractivity contribution is 0.0720. The zero-order chi connectivity index (χ0) is 16.7. The van der Waals surface area contributed by atoms with Gasteiger partial charge in [-0.3, -0.25) is 9.48 Å². The van der Waals surface area contributed by atoms with Crippen LogP contribution in [0.15, 0.2) is 24.5 Å². The van der Waals surface area contributed by atoms with Crippen LogP contribution in [0.1, 0.15) is 47.4 Å². The molecule has 5 heteroatoms. The van der Waals surface area contributed by atoms with Gasteiger partial charge in [0.25, 0.3) is 5.91 Å². The van der Waals surface area contributed by atoms with Gasteiger partial charge in [0.1, 0.15) is 0 Å². The molecule has 1 atom stereocenters. The number of hydrogen-bond acceptors (Lipinski definition) is 2. The van der Waals surface area contributed by atoms with Crippen molar-refractivity contribution in [2.45, 2.75) is 58.7 Å². The van der Waals surface area contributed by atoms with Crippen LogP contribution >= 0.6 is 0 Å². The molecular weight excluding hydrogens is 300 g/mol. The predicted molar refractivity (Wildman–Crippen MR) is 92.9 cm³/mol. The van der Waals surface area contributed by atoms with Gasteiger partial charge in [-0.25, -0.2) is 0 Å². The van der Waals surface area contributed by atoms with E-state index in [0.717, 1.165) is 49.7 Å². The van der Waals surface area contributed by atoms with E-state index in [2.05, 4.69) is 34.5 Å². The van der Waals surface area contributed by atoms with Gasteiger partial charge in [0, 0.05) is 36.9 Å². The van der Waals surface area contributed by atoms with E-state index in [0.29, 0.717) is 0 Å². The molecule has 0 aromatic carbocycles. The molecule has 0 unspecified atom stereocenters. The summed E-state index contributed by atoms with van der Waals surface area (Å²) in [6.45, 7) is 6.94. The highest BCUT2D eigenvalue weighted by atomic mass is 16.2. The Morgan fingerprint density at radius 1 is 1.25 bits per heavy atom. The van der Waals surface area contributed by atoms with Crippen LogP contribution in [0.4, 0.5) is 0 Å². The van der Waals surface area contributed by atoms with Crippen LogP contribution in [-0.4, -0.2) is 37.7 Å². The van der Waals surface area contributed by atoms with Crippen molar-refractivity contribution in [2.24, 2.45) is 5.92 Å². The highest BCUT2D eigenvalue weighted by Gasteiger charge is 2.32. The number of likely N-dealkylation sites (tertiary alicyclic amines) is 1. The number of carbonyl (C=O) groups excluding carboxylic acids is 1. The molecule has 2 fully saturated rings. The quantitative estimate of drug-likeness (QED) is 0.848. The van der Waals surface area contributed by atoms with E-state index in [9.17, 15) is 4.79 Å². The van der Waals surface area contributed by atoms with Crippen molar-refractivity contribution >= 4 is 5.91 Å². The van der Waals surface area contributed by atoms with E-state index < -0.39 is 0 Å². The maximum atomic E-state index is 13.2. The number of aromatic nitrogens is 3. The summed E-state index contributed by atoms with van der Waals surface area (Å²) in [5.74, 6) is 1.01. The molecule has 128 valence electrons. The summed E-state index contributed by atoms with van der Waals surface area (Å²) >= 11 is 0. The van der Waals surface area contributed by atoms with Gasteiger partial charge in [-0.2, -0.15) is 5.10 Å². The highest BCUT2D eigenvalue weighted by Crippen LogP contribution is 2.33. The monoisotopic (exact) mass is 326 g/mol. The molecule has 2 aliphatic rings. The molecule has 0 radical (unpaired) electrons. The lowest BCUT2D eigenvalue weighted by atomic mass is 10.1. The third kappa shape index (κ3) is 2.87. The summed E-state index contributed by atoms with van der Waals surface area (Å²) in [4.78, 5) is 15.2. The minimum Gasteiger partial charge on any atom is -0.348 e. The first-order valence-corrected chi connectivity index (χ1v) is 9.08. The number of carbonyl (C=O) groups is 1. The molecule has 1 amide bonds. The van der Waals surface area contributed by atoms with E-state index in [1.54, 1.807) is 6.20 Å². The van der Waals surface area contributed by atoms with Crippen LogP contribution < -0.4 is 0 Å². The van der Waals surface area contributed by atoms with Gasteiger partial charge in [-0.05, 0) is 57.6 Å². The van der Waals surface area contributed by atoms with Crippen molar-refractivity contribution < 1.29 is 4.79 Å². The summed E-state index contributed by atoms with van der Waals surface area (Å²) in [5, 5.41) is 4.30. The standard InChI is InChI=1S/C19H26N4O/c1-14-11-18(15(2)23(14)12-16-6-7-16)19(24)22-10-3-5-17(22)13-21-9-4-8-20-21/h4,8-9,11,16-17H,3,5-7,10,12-13H2,1-2H3/t17-/m1/s1. The van der Waals surface area contributed by atoms with Crippen molar-refractivity contribution in [1.29, 1.82) is 0 Å². The molecule has 1 saturated heterocycles. The highest BCUT2D eigenvalue weighted by molar-refractivity contribution is 5.96. The number of nitrogens with zero attached hydrogens (tertiary/aromatic N) is 4. The third-order valence-electron chi connectivity index (χ3n) is 5.54. The minimum absolute atomic E-state index is 0.194. The Morgan fingerprint density at radius 3 is 2.79 bits per heavy atom. The average molecular weight is 326 g/mol.